The van der Waals surface area contributed by atoms with Crippen LogP contribution in [0, 0.1) is 26.6 Å². The van der Waals surface area contributed by atoms with Gasteiger partial charge in [0.05, 0.1) is 11.3 Å². The first-order valence-corrected chi connectivity index (χ1v) is 8.73. The van der Waals surface area contributed by atoms with Crippen molar-refractivity contribution in [3.05, 3.63) is 70.5 Å². The van der Waals surface area contributed by atoms with Crippen LogP contribution in [-0.4, -0.2) is 16.5 Å². The van der Waals surface area contributed by atoms with E-state index >= 15 is 0 Å². The number of aromatic nitrogens is 1. The van der Waals surface area contributed by atoms with E-state index in [0.717, 1.165) is 27.1 Å². The van der Waals surface area contributed by atoms with Gasteiger partial charge in [0.15, 0.2) is 5.78 Å². The Morgan fingerprint density at radius 3 is 2.46 bits per heavy atom. The fourth-order valence-electron chi connectivity index (χ4n) is 2.74. The molecule has 3 rings (SSSR count). The molecule has 0 saturated heterocycles. The van der Waals surface area contributed by atoms with Crippen molar-refractivity contribution in [2.24, 2.45) is 0 Å². The van der Waals surface area contributed by atoms with Crippen LogP contribution in [0.5, 0.6) is 0 Å². The van der Waals surface area contributed by atoms with Crippen LogP contribution in [0.3, 0.4) is 0 Å². The van der Waals surface area contributed by atoms with Crippen LogP contribution in [0.15, 0.2) is 47.5 Å². The molecule has 0 saturated carbocycles. The van der Waals surface area contributed by atoms with E-state index in [-0.39, 0.29) is 17.4 Å². The van der Waals surface area contributed by atoms with Crippen molar-refractivity contribution in [2.75, 3.05) is 5.75 Å². The quantitative estimate of drug-likeness (QED) is 0.479. The molecule has 0 aliphatic heterocycles. The number of nitrogens with zero attached hydrogens (tertiary/aromatic N) is 1. The Labute approximate surface area is 145 Å². The minimum absolute atomic E-state index is 0.0260. The van der Waals surface area contributed by atoms with Crippen LogP contribution < -0.4 is 0 Å². The van der Waals surface area contributed by atoms with Gasteiger partial charge in [-0.2, -0.15) is 0 Å². The lowest BCUT2D eigenvalue weighted by Crippen LogP contribution is -2.03. The van der Waals surface area contributed by atoms with Gasteiger partial charge in [-0.15, -0.1) is 0 Å². The maximum Gasteiger partial charge on any atom is 0.173 e. The van der Waals surface area contributed by atoms with Crippen LogP contribution >= 0.6 is 11.8 Å². The minimum Gasteiger partial charge on any atom is -0.293 e. The average molecular weight is 339 g/mol. The number of carbonyl (C=O) groups is 1. The third-order valence-electron chi connectivity index (χ3n) is 3.90. The largest absolute Gasteiger partial charge is 0.293 e. The summed E-state index contributed by atoms with van der Waals surface area (Å²) in [6.07, 6.45) is 0. The lowest BCUT2D eigenvalue weighted by atomic mass is 10.1. The van der Waals surface area contributed by atoms with Crippen LogP contribution in [-0.2, 0) is 0 Å². The molecule has 2 aromatic carbocycles. The van der Waals surface area contributed by atoms with E-state index < -0.39 is 0 Å². The summed E-state index contributed by atoms with van der Waals surface area (Å²) in [4.78, 5) is 17.0. The van der Waals surface area contributed by atoms with E-state index in [1.54, 1.807) is 0 Å². The molecule has 122 valence electrons. The molecule has 0 N–H and O–H groups in total. The lowest BCUT2D eigenvalue weighted by molar-refractivity contribution is 0.102. The van der Waals surface area contributed by atoms with Crippen LogP contribution in [0.2, 0.25) is 0 Å². The number of rotatable bonds is 4. The molecule has 0 unspecified atom stereocenters. The molecule has 0 radical (unpaired) electrons. The fourth-order valence-corrected chi connectivity index (χ4v) is 3.62. The number of benzene rings is 2. The molecule has 0 bridgehead atoms. The van der Waals surface area contributed by atoms with Gasteiger partial charge in [0.1, 0.15) is 10.8 Å². The number of carbonyl (C=O) groups excluding carboxylic acids is 1. The second-order valence-corrected chi connectivity index (χ2v) is 6.95. The first kappa shape index (κ1) is 16.7. The average Bonchev–Trinajstić information content (AvgIpc) is 2.53. The van der Waals surface area contributed by atoms with Crippen LogP contribution in [0.1, 0.15) is 27.0 Å². The third-order valence-corrected chi connectivity index (χ3v) is 5.00. The summed E-state index contributed by atoms with van der Waals surface area (Å²) < 4.78 is 12.9. The first-order chi connectivity index (χ1) is 11.4. The van der Waals surface area contributed by atoms with E-state index in [1.165, 1.54) is 41.6 Å². The number of aryl methyl sites for hydroxylation is 3. The third kappa shape index (κ3) is 3.49. The van der Waals surface area contributed by atoms with E-state index in [1.807, 2.05) is 6.92 Å². The molecular formula is C20H18FNOS. The zero-order chi connectivity index (χ0) is 17.3. The number of fused-ring (bicyclic) bond motifs is 1. The highest BCUT2D eigenvalue weighted by atomic mass is 32.2. The van der Waals surface area contributed by atoms with Gasteiger partial charge in [0, 0.05) is 10.9 Å². The topological polar surface area (TPSA) is 30.0 Å². The smallest absolute Gasteiger partial charge is 0.173 e. The summed E-state index contributed by atoms with van der Waals surface area (Å²) in [6.45, 7) is 6.14. The molecule has 3 aromatic rings. The van der Waals surface area contributed by atoms with Gasteiger partial charge >= 0.3 is 0 Å². The number of Topliss-reactive ketones (excluding diaryl/α,β-unsaturated/α-hetero) is 1. The van der Waals surface area contributed by atoms with Crippen molar-refractivity contribution in [1.82, 2.24) is 4.98 Å². The summed E-state index contributed by atoms with van der Waals surface area (Å²) in [5.74, 6) is -0.0745. The van der Waals surface area contributed by atoms with Gasteiger partial charge in [-0.1, -0.05) is 23.4 Å². The van der Waals surface area contributed by atoms with Crippen molar-refractivity contribution in [2.45, 2.75) is 25.8 Å². The predicted octanol–water partition coefficient (Wildman–Crippen LogP) is 5.27. The van der Waals surface area contributed by atoms with Gasteiger partial charge in [-0.25, -0.2) is 9.37 Å². The highest BCUT2D eigenvalue weighted by Gasteiger charge is 2.11. The fraction of sp³-hybridized carbons (Fsp3) is 0.200. The number of pyridine rings is 1. The molecule has 0 aliphatic rings. The lowest BCUT2D eigenvalue weighted by Gasteiger charge is -2.09. The normalized spacial score (nSPS) is 11.0. The van der Waals surface area contributed by atoms with Crippen LogP contribution in [0.4, 0.5) is 4.39 Å². The highest BCUT2D eigenvalue weighted by Crippen LogP contribution is 2.27. The standard InChI is InChI=1S/C20H18FNOS/c1-12-8-13(2)19-16(9-12)10-14(3)20(22-19)24-11-18(23)15-4-6-17(21)7-5-15/h4-10H,11H2,1-3H3. The number of hydrogen-bond donors (Lipinski definition) is 0. The zero-order valence-corrected chi connectivity index (χ0v) is 14.7. The molecule has 1 heterocycles. The molecule has 0 spiro atoms. The highest BCUT2D eigenvalue weighted by molar-refractivity contribution is 8.00. The number of hydrogen-bond acceptors (Lipinski definition) is 3. The molecule has 24 heavy (non-hydrogen) atoms. The molecule has 0 fully saturated rings. The Morgan fingerprint density at radius 1 is 1.04 bits per heavy atom. The summed E-state index contributed by atoms with van der Waals surface area (Å²) in [6, 6.07) is 12.0. The number of thioether (sulfide) groups is 1. The molecule has 1 aromatic heterocycles. The van der Waals surface area contributed by atoms with E-state index in [4.69, 9.17) is 4.98 Å². The van der Waals surface area contributed by atoms with E-state index in [0.29, 0.717) is 5.56 Å². The van der Waals surface area contributed by atoms with Gasteiger partial charge in [0.25, 0.3) is 0 Å². The van der Waals surface area contributed by atoms with Crippen LogP contribution in [0.25, 0.3) is 10.9 Å². The Hall–Kier alpha value is -2.20. The maximum atomic E-state index is 12.9. The Morgan fingerprint density at radius 2 is 1.75 bits per heavy atom. The monoisotopic (exact) mass is 339 g/mol. The van der Waals surface area contributed by atoms with Crippen molar-refractivity contribution in [3.8, 4) is 0 Å². The molecule has 2 nitrogen and oxygen atoms in total. The van der Waals surface area contributed by atoms with Crippen molar-refractivity contribution >= 4 is 28.4 Å². The molecule has 0 amide bonds. The summed E-state index contributed by atoms with van der Waals surface area (Å²) >= 11 is 1.43. The number of ketones is 1. The summed E-state index contributed by atoms with van der Waals surface area (Å²) in [7, 11) is 0. The Kier molecular flexibility index (Phi) is 4.67. The van der Waals surface area contributed by atoms with E-state index in [2.05, 4.69) is 32.0 Å². The first-order valence-electron chi connectivity index (χ1n) is 7.74. The Balaban J connectivity index is 1.83. The minimum atomic E-state index is -0.336. The van der Waals surface area contributed by atoms with Gasteiger partial charge < -0.3 is 0 Å². The predicted molar refractivity (Wildman–Crippen MR) is 97.4 cm³/mol. The van der Waals surface area contributed by atoms with Crippen molar-refractivity contribution in [3.63, 3.8) is 0 Å². The van der Waals surface area contributed by atoms with E-state index in [9.17, 15) is 9.18 Å². The summed E-state index contributed by atoms with van der Waals surface area (Å²) in [5.41, 5.74) is 4.91. The second-order valence-electron chi connectivity index (χ2n) is 5.98. The second kappa shape index (κ2) is 6.73. The maximum absolute atomic E-state index is 12.9. The SMILES string of the molecule is Cc1cc(C)c2nc(SCC(=O)c3ccc(F)cc3)c(C)cc2c1. The molecule has 0 aliphatic carbocycles. The molecule has 4 heteroatoms. The molecular weight excluding hydrogens is 321 g/mol. The van der Waals surface area contributed by atoms with Gasteiger partial charge in [0.2, 0.25) is 0 Å². The summed E-state index contributed by atoms with van der Waals surface area (Å²) in [5, 5.41) is 1.99. The van der Waals surface area contributed by atoms with Gasteiger partial charge in [-0.05, 0) is 68.3 Å². The van der Waals surface area contributed by atoms with Crippen molar-refractivity contribution < 1.29 is 9.18 Å². The molecule has 0 atom stereocenters. The zero-order valence-electron chi connectivity index (χ0n) is 13.9. The Bertz CT molecular complexity index is 919. The number of halogens is 1. The van der Waals surface area contributed by atoms with Crippen molar-refractivity contribution in [1.29, 1.82) is 0 Å². The van der Waals surface area contributed by atoms with Gasteiger partial charge in [-0.3, -0.25) is 4.79 Å².